The van der Waals surface area contributed by atoms with Crippen LogP contribution in [0.25, 0.3) is 6.08 Å². The molecule has 0 saturated carbocycles. The van der Waals surface area contributed by atoms with Gasteiger partial charge in [-0.2, -0.15) is 0 Å². The number of aliphatic carboxylic acids is 2. The Balaban J connectivity index is 2.23. The van der Waals surface area contributed by atoms with Crippen LogP contribution in [0.1, 0.15) is 18.4 Å². The molecule has 1 aromatic carbocycles. The van der Waals surface area contributed by atoms with Crippen molar-refractivity contribution >= 4 is 52.2 Å². The third-order valence-corrected chi connectivity index (χ3v) is 4.80. The Labute approximate surface area is 153 Å². The van der Waals surface area contributed by atoms with E-state index >= 15 is 0 Å². The molecule has 1 heterocycles. The van der Waals surface area contributed by atoms with E-state index in [1.165, 1.54) is 0 Å². The van der Waals surface area contributed by atoms with Crippen molar-refractivity contribution in [3.05, 3.63) is 34.7 Å². The lowest BCUT2D eigenvalue weighted by atomic mass is 10.1. The highest BCUT2D eigenvalue weighted by molar-refractivity contribution is 8.26. The van der Waals surface area contributed by atoms with Gasteiger partial charge in [-0.3, -0.25) is 14.5 Å². The molecule has 9 heteroatoms. The molecule has 7 nitrogen and oxygen atoms in total. The van der Waals surface area contributed by atoms with Crippen LogP contribution in [0.3, 0.4) is 0 Å². The van der Waals surface area contributed by atoms with Crippen molar-refractivity contribution in [2.24, 2.45) is 0 Å². The molecule has 1 aliphatic heterocycles. The monoisotopic (exact) mass is 381 g/mol. The van der Waals surface area contributed by atoms with Crippen molar-refractivity contribution in [2.75, 3.05) is 7.11 Å². The van der Waals surface area contributed by atoms with Crippen LogP contribution >= 0.6 is 24.0 Å². The molecule has 0 bridgehead atoms. The number of carbonyl (C=O) groups is 3. The molecule has 25 heavy (non-hydrogen) atoms. The maximum Gasteiger partial charge on any atom is 0.326 e. The summed E-state index contributed by atoms with van der Waals surface area (Å²) in [6.07, 6.45) is 1.02. The fourth-order valence-corrected chi connectivity index (χ4v) is 3.58. The highest BCUT2D eigenvalue weighted by atomic mass is 32.2. The maximum atomic E-state index is 12.5. The van der Waals surface area contributed by atoms with Crippen LogP contribution in [0.15, 0.2) is 29.2 Å². The summed E-state index contributed by atoms with van der Waals surface area (Å²) in [5, 5.41) is 18.1. The number of methoxy groups -OCH3 is 1. The SMILES string of the molecule is COc1ccc(/C=C2\SC(=S)N([C@@H](CCC(=O)O)C(=O)O)C2=O)cc1. The zero-order valence-electron chi connectivity index (χ0n) is 13.2. The van der Waals surface area contributed by atoms with Crippen LogP contribution < -0.4 is 4.74 Å². The Morgan fingerprint density at radius 2 is 1.96 bits per heavy atom. The lowest BCUT2D eigenvalue weighted by molar-refractivity contribution is -0.146. The van der Waals surface area contributed by atoms with Crippen LogP contribution in [-0.4, -0.2) is 50.4 Å². The minimum atomic E-state index is -1.30. The maximum absolute atomic E-state index is 12.5. The Kier molecular flexibility index (Phi) is 6.16. The van der Waals surface area contributed by atoms with Gasteiger partial charge >= 0.3 is 11.9 Å². The molecule has 0 radical (unpaired) electrons. The predicted octanol–water partition coefficient (Wildman–Crippen LogP) is 2.21. The van der Waals surface area contributed by atoms with Crippen molar-refractivity contribution < 1.29 is 29.3 Å². The summed E-state index contributed by atoms with van der Waals surface area (Å²) in [6.45, 7) is 0. The zero-order valence-corrected chi connectivity index (χ0v) is 14.8. The van der Waals surface area contributed by atoms with Gasteiger partial charge in [0.2, 0.25) is 0 Å². The molecule has 0 unspecified atom stereocenters. The molecule has 0 spiro atoms. The number of thioether (sulfide) groups is 1. The number of carboxylic acid groups (broad SMARTS) is 2. The molecule has 1 aliphatic rings. The lowest BCUT2D eigenvalue weighted by Gasteiger charge is -2.22. The number of thiocarbonyl (C=S) groups is 1. The summed E-state index contributed by atoms with van der Waals surface area (Å²) in [6, 6.07) is 5.68. The standard InChI is InChI=1S/C16H15NO6S2/c1-23-10-4-2-9(3-5-10)8-12-14(20)17(16(24)25-12)11(15(21)22)6-7-13(18)19/h2-5,8,11H,6-7H2,1H3,(H,18,19)(H,21,22)/b12-8-/t11-/m0/s1. The van der Waals surface area contributed by atoms with Gasteiger partial charge in [-0.05, 0) is 30.2 Å². The van der Waals surface area contributed by atoms with Crippen molar-refractivity contribution in [1.82, 2.24) is 4.90 Å². The van der Waals surface area contributed by atoms with Crippen molar-refractivity contribution in [3.63, 3.8) is 0 Å². The number of benzene rings is 1. The van der Waals surface area contributed by atoms with Crippen LogP contribution in [0.4, 0.5) is 0 Å². The summed E-state index contributed by atoms with van der Waals surface area (Å²) in [5.74, 6) is -2.29. The number of hydrogen-bond acceptors (Lipinski definition) is 6. The molecular formula is C16H15NO6S2. The first-order valence-corrected chi connectivity index (χ1v) is 8.41. The van der Waals surface area contributed by atoms with E-state index in [-0.39, 0.29) is 22.1 Å². The second-order valence-corrected chi connectivity index (χ2v) is 6.79. The number of carboxylic acids is 2. The summed E-state index contributed by atoms with van der Waals surface area (Å²) in [7, 11) is 1.54. The van der Waals surface area contributed by atoms with Crippen LogP contribution in [-0.2, 0) is 14.4 Å². The first kappa shape index (κ1) is 18.9. The average Bonchev–Trinajstić information content (AvgIpc) is 2.83. The van der Waals surface area contributed by atoms with Crippen LogP contribution in [0.5, 0.6) is 5.75 Å². The lowest BCUT2D eigenvalue weighted by Crippen LogP contribution is -2.44. The smallest absolute Gasteiger partial charge is 0.326 e. The van der Waals surface area contributed by atoms with Crippen LogP contribution in [0.2, 0.25) is 0 Å². The van der Waals surface area contributed by atoms with Crippen LogP contribution in [0, 0.1) is 0 Å². The van der Waals surface area contributed by atoms with Gasteiger partial charge in [0.05, 0.1) is 12.0 Å². The second-order valence-electron chi connectivity index (χ2n) is 5.11. The van der Waals surface area contributed by atoms with Gasteiger partial charge in [0.1, 0.15) is 16.1 Å². The van der Waals surface area contributed by atoms with E-state index in [4.69, 9.17) is 22.1 Å². The quantitative estimate of drug-likeness (QED) is 0.547. The Bertz CT molecular complexity index is 743. The van der Waals surface area contributed by atoms with Crippen molar-refractivity contribution in [3.8, 4) is 5.75 Å². The van der Waals surface area contributed by atoms with Gasteiger partial charge in [-0.15, -0.1) is 0 Å². The summed E-state index contributed by atoms with van der Waals surface area (Å²) >= 11 is 6.12. The highest BCUT2D eigenvalue weighted by Crippen LogP contribution is 2.35. The predicted molar refractivity (Wildman–Crippen MR) is 96.3 cm³/mol. The fraction of sp³-hybridized carbons (Fsp3) is 0.250. The number of carbonyl (C=O) groups excluding carboxylic acids is 1. The number of rotatable bonds is 7. The highest BCUT2D eigenvalue weighted by Gasteiger charge is 2.40. The van der Waals surface area contributed by atoms with Crippen molar-refractivity contribution in [1.29, 1.82) is 0 Å². The fourth-order valence-electron chi connectivity index (χ4n) is 2.22. The van der Waals surface area contributed by atoms with Gasteiger partial charge in [0.15, 0.2) is 0 Å². The molecule has 0 aromatic heterocycles. The largest absolute Gasteiger partial charge is 0.497 e. The van der Waals surface area contributed by atoms with Crippen molar-refractivity contribution in [2.45, 2.75) is 18.9 Å². The van der Waals surface area contributed by atoms with Gasteiger partial charge in [0.25, 0.3) is 5.91 Å². The van der Waals surface area contributed by atoms with E-state index in [1.54, 1.807) is 37.5 Å². The molecule has 0 aliphatic carbocycles. The molecule has 1 atom stereocenters. The zero-order chi connectivity index (χ0) is 18.6. The minimum Gasteiger partial charge on any atom is -0.497 e. The third-order valence-electron chi connectivity index (χ3n) is 3.47. The normalized spacial score (nSPS) is 17.0. The van der Waals surface area contributed by atoms with Gasteiger partial charge < -0.3 is 14.9 Å². The van der Waals surface area contributed by atoms with Gasteiger partial charge in [-0.1, -0.05) is 36.1 Å². The molecule has 1 aromatic rings. The molecule has 1 saturated heterocycles. The third kappa shape index (κ3) is 4.58. The van der Waals surface area contributed by atoms with E-state index in [0.717, 1.165) is 22.2 Å². The van der Waals surface area contributed by atoms with E-state index in [9.17, 15) is 19.5 Å². The summed E-state index contributed by atoms with van der Waals surface area (Å²) in [4.78, 5) is 36.0. The molecule has 2 N–H and O–H groups in total. The number of amides is 1. The first-order chi connectivity index (χ1) is 11.8. The minimum absolute atomic E-state index is 0.0996. The Morgan fingerprint density at radius 3 is 2.48 bits per heavy atom. The topological polar surface area (TPSA) is 104 Å². The summed E-state index contributed by atoms with van der Waals surface area (Å²) in [5.41, 5.74) is 0.735. The van der Waals surface area contributed by atoms with E-state index in [2.05, 4.69) is 0 Å². The van der Waals surface area contributed by atoms with E-state index < -0.39 is 23.9 Å². The average molecular weight is 381 g/mol. The molecule has 1 fully saturated rings. The number of ether oxygens (including phenoxy) is 1. The second kappa shape index (κ2) is 8.13. The van der Waals surface area contributed by atoms with E-state index in [0.29, 0.717) is 5.75 Å². The first-order valence-electron chi connectivity index (χ1n) is 7.19. The molecule has 1 amide bonds. The van der Waals surface area contributed by atoms with Gasteiger partial charge in [0, 0.05) is 6.42 Å². The number of hydrogen-bond donors (Lipinski definition) is 2. The molecular weight excluding hydrogens is 366 g/mol. The van der Waals surface area contributed by atoms with Gasteiger partial charge in [-0.25, -0.2) is 4.79 Å². The van der Waals surface area contributed by atoms with E-state index in [1.807, 2.05) is 0 Å². The number of nitrogens with zero attached hydrogens (tertiary/aromatic N) is 1. The Hall–Kier alpha value is -2.39. The molecule has 132 valence electrons. The molecule has 2 rings (SSSR count). The Morgan fingerprint density at radius 1 is 1.32 bits per heavy atom. The summed E-state index contributed by atoms with van der Waals surface area (Å²) < 4.78 is 5.16.